The second kappa shape index (κ2) is 8.79. The molecule has 0 radical (unpaired) electrons. The van der Waals surface area contributed by atoms with Gasteiger partial charge in [-0.3, -0.25) is 14.4 Å². The summed E-state index contributed by atoms with van der Waals surface area (Å²) < 4.78 is 13.0. The van der Waals surface area contributed by atoms with Crippen LogP contribution < -0.4 is 15.5 Å². The predicted molar refractivity (Wildman–Crippen MR) is 117 cm³/mol. The van der Waals surface area contributed by atoms with E-state index in [1.54, 1.807) is 47.4 Å². The molecule has 31 heavy (non-hydrogen) atoms. The normalized spacial score (nSPS) is 13.2. The molecule has 7 heteroatoms. The number of nitrogens with zero attached hydrogens (tertiary/aromatic N) is 1. The van der Waals surface area contributed by atoms with Gasteiger partial charge in [0, 0.05) is 41.2 Å². The van der Waals surface area contributed by atoms with Gasteiger partial charge in [0.2, 0.25) is 5.91 Å². The molecule has 2 N–H and O–H groups in total. The molecule has 0 aromatic heterocycles. The molecular weight excluding hydrogens is 397 g/mol. The van der Waals surface area contributed by atoms with E-state index in [-0.39, 0.29) is 11.8 Å². The molecule has 1 saturated heterocycles. The topological polar surface area (TPSA) is 78.5 Å². The van der Waals surface area contributed by atoms with Crippen LogP contribution in [0.3, 0.4) is 0 Å². The number of nitrogens with one attached hydrogen (secondary N) is 2. The highest BCUT2D eigenvalue weighted by atomic mass is 19.1. The lowest BCUT2D eigenvalue weighted by Gasteiger charge is -2.17. The lowest BCUT2D eigenvalue weighted by Crippen LogP contribution is -2.23. The van der Waals surface area contributed by atoms with Crippen molar-refractivity contribution in [1.82, 2.24) is 0 Å². The second-order valence-electron chi connectivity index (χ2n) is 7.20. The maximum absolute atomic E-state index is 13.0. The van der Waals surface area contributed by atoms with E-state index in [4.69, 9.17) is 0 Å². The van der Waals surface area contributed by atoms with E-state index in [0.717, 1.165) is 12.1 Å². The minimum atomic E-state index is -0.423. The van der Waals surface area contributed by atoms with E-state index in [0.29, 0.717) is 35.5 Å². The molecule has 3 amide bonds. The van der Waals surface area contributed by atoms with Gasteiger partial charge < -0.3 is 15.5 Å². The third-order valence-corrected chi connectivity index (χ3v) is 4.98. The van der Waals surface area contributed by atoms with Crippen LogP contribution in [0, 0.1) is 5.82 Å². The van der Waals surface area contributed by atoms with Crippen molar-refractivity contribution in [3.05, 3.63) is 89.7 Å². The fourth-order valence-corrected chi connectivity index (χ4v) is 3.42. The van der Waals surface area contributed by atoms with Crippen LogP contribution in [0.5, 0.6) is 0 Å². The Kier molecular flexibility index (Phi) is 5.75. The Hall–Kier alpha value is -4.00. The summed E-state index contributed by atoms with van der Waals surface area (Å²) in [5, 5.41) is 5.53. The average molecular weight is 417 g/mol. The molecule has 0 unspecified atom stereocenters. The van der Waals surface area contributed by atoms with Crippen molar-refractivity contribution in [2.24, 2.45) is 0 Å². The van der Waals surface area contributed by atoms with Crippen molar-refractivity contribution >= 4 is 34.8 Å². The summed E-state index contributed by atoms with van der Waals surface area (Å²) in [6, 6.07) is 18.9. The number of halogens is 1. The Balaban J connectivity index is 1.45. The second-order valence-corrected chi connectivity index (χ2v) is 7.20. The summed E-state index contributed by atoms with van der Waals surface area (Å²) in [4.78, 5) is 38.7. The molecule has 156 valence electrons. The van der Waals surface area contributed by atoms with Gasteiger partial charge in [-0.15, -0.1) is 0 Å². The number of amides is 3. The van der Waals surface area contributed by atoms with Crippen molar-refractivity contribution in [3.8, 4) is 0 Å². The van der Waals surface area contributed by atoms with E-state index in [2.05, 4.69) is 10.6 Å². The molecule has 4 rings (SSSR count). The van der Waals surface area contributed by atoms with Gasteiger partial charge in [-0.2, -0.15) is 0 Å². The van der Waals surface area contributed by atoms with Gasteiger partial charge in [-0.05, 0) is 67.1 Å². The Bertz CT molecular complexity index is 1140. The SMILES string of the molecule is O=C(Nc1cccc(C(=O)Nc2cccc(N3CCCC3=O)c2)c1)c1ccc(F)cc1. The Morgan fingerprint density at radius 2 is 1.45 bits per heavy atom. The maximum atomic E-state index is 13.0. The first-order chi connectivity index (χ1) is 15.0. The molecule has 1 heterocycles. The first-order valence-corrected chi connectivity index (χ1v) is 9.88. The summed E-state index contributed by atoms with van der Waals surface area (Å²) in [7, 11) is 0. The molecule has 0 spiro atoms. The first kappa shape index (κ1) is 20.3. The summed E-state index contributed by atoms with van der Waals surface area (Å²) in [5.74, 6) is -1.09. The largest absolute Gasteiger partial charge is 0.322 e. The van der Waals surface area contributed by atoms with Crippen LogP contribution in [0.15, 0.2) is 72.8 Å². The monoisotopic (exact) mass is 417 g/mol. The smallest absolute Gasteiger partial charge is 0.255 e. The zero-order chi connectivity index (χ0) is 21.8. The molecule has 0 bridgehead atoms. The van der Waals surface area contributed by atoms with E-state index < -0.39 is 11.7 Å². The number of rotatable bonds is 5. The maximum Gasteiger partial charge on any atom is 0.255 e. The van der Waals surface area contributed by atoms with Gasteiger partial charge in [0.15, 0.2) is 0 Å². The molecule has 1 fully saturated rings. The molecule has 0 atom stereocenters. The Labute approximate surface area is 178 Å². The third-order valence-electron chi connectivity index (χ3n) is 4.98. The molecule has 6 nitrogen and oxygen atoms in total. The standard InChI is InChI=1S/C24H20FN3O3/c25-18-11-9-16(10-12-18)23(30)26-19-5-1-4-17(14-19)24(31)27-20-6-2-7-21(15-20)28-13-3-8-22(28)29/h1-2,4-7,9-12,14-15H,3,8,13H2,(H,26,30)(H,27,31). The van der Waals surface area contributed by atoms with Crippen LogP contribution in [0.4, 0.5) is 21.5 Å². The average Bonchev–Trinajstić information content (AvgIpc) is 3.20. The van der Waals surface area contributed by atoms with Crippen LogP contribution in [0.2, 0.25) is 0 Å². The quantitative estimate of drug-likeness (QED) is 0.644. The minimum Gasteiger partial charge on any atom is -0.322 e. The molecular formula is C24H20FN3O3. The highest BCUT2D eigenvalue weighted by molar-refractivity contribution is 6.07. The lowest BCUT2D eigenvalue weighted by molar-refractivity contribution is -0.117. The highest BCUT2D eigenvalue weighted by Crippen LogP contribution is 2.24. The molecule has 1 aliphatic rings. The molecule has 1 aliphatic heterocycles. The van der Waals surface area contributed by atoms with Crippen LogP contribution in [-0.4, -0.2) is 24.3 Å². The zero-order valence-electron chi connectivity index (χ0n) is 16.6. The fourth-order valence-electron chi connectivity index (χ4n) is 3.42. The van der Waals surface area contributed by atoms with Crippen molar-refractivity contribution in [1.29, 1.82) is 0 Å². The zero-order valence-corrected chi connectivity index (χ0v) is 16.6. The van der Waals surface area contributed by atoms with Gasteiger partial charge >= 0.3 is 0 Å². The minimum absolute atomic E-state index is 0.0769. The summed E-state index contributed by atoms with van der Waals surface area (Å²) in [6.07, 6.45) is 1.36. The van der Waals surface area contributed by atoms with E-state index in [1.807, 2.05) is 6.07 Å². The van der Waals surface area contributed by atoms with E-state index >= 15 is 0 Å². The van der Waals surface area contributed by atoms with Crippen molar-refractivity contribution in [2.45, 2.75) is 12.8 Å². The van der Waals surface area contributed by atoms with Crippen molar-refractivity contribution < 1.29 is 18.8 Å². The Morgan fingerprint density at radius 3 is 2.13 bits per heavy atom. The van der Waals surface area contributed by atoms with Gasteiger partial charge in [0.05, 0.1) is 0 Å². The van der Waals surface area contributed by atoms with Gasteiger partial charge in [-0.25, -0.2) is 4.39 Å². The van der Waals surface area contributed by atoms with Crippen LogP contribution in [-0.2, 0) is 4.79 Å². The summed E-state index contributed by atoms with van der Waals surface area (Å²) >= 11 is 0. The number of hydrogen-bond acceptors (Lipinski definition) is 3. The van der Waals surface area contributed by atoms with Crippen molar-refractivity contribution in [3.63, 3.8) is 0 Å². The van der Waals surface area contributed by atoms with Crippen LogP contribution in [0.1, 0.15) is 33.6 Å². The summed E-state index contributed by atoms with van der Waals surface area (Å²) in [6.45, 7) is 0.673. The number of anilines is 3. The molecule has 0 aliphatic carbocycles. The van der Waals surface area contributed by atoms with Crippen LogP contribution >= 0.6 is 0 Å². The highest BCUT2D eigenvalue weighted by Gasteiger charge is 2.22. The van der Waals surface area contributed by atoms with Crippen LogP contribution in [0.25, 0.3) is 0 Å². The number of benzene rings is 3. The van der Waals surface area contributed by atoms with E-state index in [1.165, 1.54) is 24.3 Å². The Morgan fingerprint density at radius 1 is 0.806 bits per heavy atom. The van der Waals surface area contributed by atoms with Gasteiger partial charge in [0.25, 0.3) is 11.8 Å². The summed E-state index contributed by atoms with van der Waals surface area (Å²) in [5.41, 5.74) is 2.44. The lowest BCUT2D eigenvalue weighted by atomic mass is 10.1. The number of carbonyl (C=O) groups excluding carboxylic acids is 3. The predicted octanol–water partition coefficient (Wildman–Crippen LogP) is 4.46. The van der Waals surface area contributed by atoms with Gasteiger partial charge in [0.1, 0.15) is 5.82 Å². The molecule has 3 aromatic rings. The number of carbonyl (C=O) groups is 3. The first-order valence-electron chi connectivity index (χ1n) is 9.88. The van der Waals surface area contributed by atoms with Crippen molar-refractivity contribution in [2.75, 3.05) is 22.1 Å². The van der Waals surface area contributed by atoms with E-state index in [9.17, 15) is 18.8 Å². The van der Waals surface area contributed by atoms with Gasteiger partial charge in [-0.1, -0.05) is 12.1 Å². The molecule has 3 aromatic carbocycles. The molecule has 0 saturated carbocycles. The third kappa shape index (κ3) is 4.78. The number of hydrogen-bond donors (Lipinski definition) is 2. The fraction of sp³-hybridized carbons (Fsp3) is 0.125.